The van der Waals surface area contributed by atoms with E-state index in [9.17, 15) is 0 Å². The van der Waals surface area contributed by atoms with E-state index in [1.807, 2.05) is 7.05 Å². The molecule has 1 aromatic heterocycles. The Kier molecular flexibility index (Phi) is 4.98. The predicted molar refractivity (Wildman–Crippen MR) is 83.6 cm³/mol. The first-order chi connectivity index (χ1) is 9.65. The van der Waals surface area contributed by atoms with E-state index in [1.54, 1.807) is 0 Å². The minimum atomic E-state index is 0.383. The maximum Gasteiger partial charge on any atom is 0.232 e. The van der Waals surface area contributed by atoms with Gasteiger partial charge in [-0.25, -0.2) is 0 Å². The molecule has 1 aromatic rings. The van der Waals surface area contributed by atoms with Crippen molar-refractivity contribution in [2.75, 3.05) is 41.8 Å². The van der Waals surface area contributed by atoms with Crippen molar-refractivity contribution in [3.05, 3.63) is 0 Å². The molecule has 0 aliphatic carbocycles. The summed E-state index contributed by atoms with van der Waals surface area (Å²) in [5, 5.41) is 3.05. The van der Waals surface area contributed by atoms with E-state index in [0.717, 1.165) is 38.0 Å². The molecule has 2 rings (SSSR count). The van der Waals surface area contributed by atoms with Crippen molar-refractivity contribution in [2.45, 2.75) is 46.1 Å². The zero-order valence-electron chi connectivity index (χ0n) is 13.1. The van der Waals surface area contributed by atoms with Crippen LogP contribution in [-0.4, -0.2) is 47.7 Å². The summed E-state index contributed by atoms with van der Waals surface area (Å²) in [6, 6.07) is 0.383. The lowest BCUT2D eigenvalue weighted by Crippen LogP contribution is -2.34. The molecule has 20 heavy (non-hydrogen) atoms. The molecular weight excluding hydrogens is 252 g/mol. The predicted octanol–water partition coefficient (Wildman–Crippen LogP) is 2.14. The van der Waals surface area contributed by atoms with Gasteiger partial charge in [0.05, 0.1) is 0 Å². The van der Waals surface area contributed by atoms with Crippen LogP contribution in [-0.2, 0) is 0 Å². The van der Waals surface area contributed by atoms with Crippen LogP contribution in [0.4, 0.5) is 17.8 Å². The number of hydrogen-bond donors (Lipinski definition) is 1. The van der Waals surface area contributed by atoms with Crippen LogP contribution in [0, 0.1) is 0 Å². The standard InChI is InChI=1S/C14H26N6/c1-5-8-20(11(2)3)14-17-12(15-4)16-13(18-14)19-9-6-7-10-19/h11H,5-10H2,1-4H3,(H,15,16,17,18). The Hall–Kier alpha value is -1.59. The Labute approximate surface area is 121 Å². The molecule has 1 saturated heterocycles. The van der Waals surface area contributed by atoms with Crippen LogP contribution in [0.25, 0.3) is 0 Å². The first-order valence-corrected chi connectivity index (χ1v) is 7.61. The summed E-state index contributed by atoms with van der Waals surface area (Å²) in [6.07, 6.45) is 3.52. The molecule has 0 atom stereocenters. The molecule has 1 aliphatic heterocycles. The molecule has 1 fully saturated rings. The molecule has 6 heteroatoms. The minimum absolute atomic E-state index is 0.383. The van der Waals surface area contributed by atoms with Crippen molar-refractivity contribution in [1.29, 1.82) is 0 Å². The topological polar surface area (TPSA) is 57.2 Å². The van der Waals surface area contributed by atoms with E-state index >= 15 is 0 Å². The first kappa shape index (κ1) is 14.8. The maximum atomic E-state index is 4.69. The molecule has 1 N–H and O–H groups in total. The van der Waals surface area contributed by atoms with E-state index in [-0.39, 0.29) is 0 Å². The fraction of sp³-hybridized carbons (Fsp3) is 0.786. The molecule has 0 spiro atoms. The van der Waals surface area contributed by atoms with E-state index in [1.165, 1.54) is 12.8 Å². The van der Waals surface area contributed by atoms with Crippen LogP contribution in [0.3, 0.4) is 0 Å². The Morgan fingerprint density at radius 2 is 1.90 bits per heavy atom. The molecule has 0 aromatic carbocycles. The first-order valence-electron chi connectivity index (χ1n) is 7.61. The highest BCUT2D eigenvalue weighted by atomic mass is 15.4. The van der Waals surface area contributed by atoms with Crippen molar-refractivity contribution in [3.8, 4) is 0 Å². The smallest absolute Gasteiger partial charge is 0.232 e. The second-order valence-electron chi connectivity index (χ2n) is 5.49. The number of hydrogen-bond acceptors (Lipinski definition) is 6. The van der Waals surface area contributed by atoms with Gasteiger partial charge in [0.25, 0.3) is 0 Å². The summed E-state index contributed by atoms with van der Waals surface area (Å²) < 4.78 is 0. The molecule has 0 amide bonds. The van der Waals surface area contributed by atoms with Crippen LogP contribution in [0.1, 0.15) is 40.0 Å². The van der Waals surface area contributed by atoms with Crippen molar-refractivity contribution in [3.63, 3.8) is 0 Å². The SMILES string of the molecule is CCCN(c1nc(NC)nc(N2CCCC2)n1)C(C)C. The zero-order chi connectivity index (χ0) is 14.5. The molecule has 0 bridgehead atoms. The zero-order valence-corrected chi connectivity index (χ0v) is 13.1. The fourth-order valence-electron chi connectivity index (χ4n) is 2.48. The van der Waals surface area contributed by atoms with Gasteiger partial charge in [-0.3, -0.25) is 0 Å². The third kappa shape index (κ3) is 3.29. The third-order valence-electron chi connectivity index (χ3n) is 3.57. The van der Waals surface area contributed by atoms with Gasteiger partial charge in [0, 0.05) is 32.7 Å². The largest absolute Gasteiger partial charge is 0.357 e. The summed E-state index contributed by atoms with van der Waals surface area (Å²) in [4.78, 5) is 18.2. The quantitative estimate of drug-likeness (QED) is 0.860. The summed E-state index contributed by atoms with van der Waals surface area (Å²) in [5.41, 5.74) is 0. The molecule has 6 nitrogen and oxygen atoms in total. The van der Waals surface area contributed by atoms with Gasteiger partial charge in [-0.05, 0) is 33.1 Å². The Morgan fingerprint density at radius 3 is 2.45 bits per heavy atom. The molecule has 1 aliphatic rings. The van der Waals surface area contributed by atoms with Crippen molar-refractivity contribution >= 4 is 17.8 Å². The van der Waals surface area contributed by atoms with Crippen LogP contribution in [0.5, 0.6) is 0 Å². The lowest BCUT2D eigenvalue weighted by Gasteiger charge is -2.27. The number of nitrogens with zero attached hydrogens (tertiary/aromatic N) is 5. The second-order valence-corrected chi connectivity index (χ2v) is 5.49. The Morgan fingerprint density at radius 1 is 1.20 bits per heavy atom. The molecular formula is C14H26N6. The van der Waals surface area contributed by atoms with Gasteiger partial charge in [-0.15, -0.1) is 0 Å². The number of anilines is 3. The van der Waals surface area contributed by atoms with Crippen LogP contribution in [0.2, 0.25) is 0 Å². The molecule has 0 unspecified atom stereocenters. The van der Waals surface area contributed by atoms with Crippen LogP contribution < -0.4 is 15.1 Å². The van der Waals surface area contributed by atoms with Crippen LogP contribution in [0.15, 0.2) is 0 Å². The molecule has 2 heterocycles. The lowest BCUT2D eigenvalue weighted by atomic mass is 10.3. The van der Waals surface area contributed by atoms with Crippen molar-refractivity contribution in [2.24, 2.45) is 0 Å². The average Bonchev–Trinajstić information content (AvgIpc) is 2.98. The van der Waals surface area contributed by atoms with Gasteiger partial charge < -0.3 is 15.1 Å². The van der Waals surface area contributed by atoms with Crippen molar-refractivity contribution < 1.29 is 0 Å². The monoisotopic (exact) mass is 278 g/mol. The van der Waals surface area contributed by atoms with Gasteiger partial charge in [0.15, 0.2) is 0 Å². The van der Waals surface area contributed by atoms with Gasteiger partial charge in [0.2, 0.25) is 17.8 Å². The van der Waals surface area contributed by atoms with Gasteiger partial charge in [0.1, 0.15) is 0 Å². The Balaban J connectivity index is 2.33. The van der Waals surface area contributed by atoms with E-state index in [4.69, 9.17) is 4.98 Å². The van der Waals surface area contributed by atoms with Gasteiger partial charge in [-0.2, -0.15) is 15.0 Å². The second kappa shape index (κ2) is 6.72. The maximum absolute atomic E-state index is 4.69. The van der Waals surface area contributed by atoms with Gasteiger partial charge >= 0.3 is 0 Å². The molecule has 112 valence electrons. The summed E-state index contributed by atoms with van der Waals surface area (Å²) in [5.74, 6) is 2.24. The van der Waals surface area contributed by atoms with Crippen LogP contribution >= 0.6 is 0 Å². The highest BCUT2D eigenvalue weighted by Gasteiger charge is 2.20. The Bertz CT molecular complexity index is 428. The number of aromatic nitrogens is 3. The van der Waals surface area contributed by atoms with Crippen molar-refractivity contribution in [1.82, 2.24) is 15.0 Å². The highest BCUT2D eigenvalue weighted by Crippen LogP contribution is 2.21. The summed E-state index contributed by atoms with van der Waals surface area (Å²) in [7, 11) is 1.85. The van der Waals surface area contributed by atoms with E-state index in [0.29, 0.717) is 12.0 Å². The van der Waals surface area contributed by atoms with E-state index < -0.39 is 0 Å². The number of rotatable bonds is 6. The summed E-state index contributed by atoms with van der Waals surface area (Å²) >= 11 is 0. The summed E-state index contributed by atoms with van der Waals surface area (Å²) in [6.45, 7) is 9.58. The minimum Gasteiger partial charge on any atom is -0.357 e. The fourth-order valence-corrected chi connectivity index (χ4v) is 2.48. The molecule has 0 radical (unpaired) electrons. The third-order valence-corrected chi connectivity index (χ3v) is 3.57. The molecule has 0 saturated carbocycles. The normalized spacial score (nSPS) is 14.9. The van der Waals surface area contributed by atoms with Gasteiger partial charge in [-0.1, -0.05) is 6.92 Å². The van der Waals surface area contributed by atoms with E-state index in [2.05, 4.69) is 45.9 Å². The average molecular weight is 278 g/mol. The lowest BCUT2D eigenvalue weighted by molar-refractivity contribution is 0.648. The number of nitrogens with one attached hydrogen (secondary N) is 1. The highest BCUT2D eigenvalue weighted by molar-refractivity contribution is 5.45.